The predicted octanol–water partition coefficient (Wildman–Crippen LogP) is 4.33. The highest BCUT2D eigenvalue weighted by Crippen LogP contribution is 2.21. The van der Waals surface area contributed by atoms with Gasteiger partial charge in [0, 0.05) is 11.6 Å². The zero-order valence-corrected chi connectivity index (χ0v) is 16.2. The van der Waals surface area contributed by atoms with E-state index in [0.717, 1.165) is 24.8 Å². The first-order valence-electron chi connectivity index (χ1n) is 9.33. The van der Waals surface area contributed by atoms with Crippen LogP contribution in [0, 0.1) is 0 Å². The molecule has 1 aliphatic heterocycles. The Hall–Kier alpha value is -2.57. The first kappa shape index (κ1) is 20.2. The van der Waals surface area contributed by atoms with Crippen LogP contribution in [-0.4, -0.2) is 29.5 Å². The van der Waals surface area contributed by atoms with Crippen LogP contribution in [0.2, 0.25) is 5.02 Å². The highest BCUT2D eigenvalue weighted by molar-refractivity contribution is 6.30. The van der Waals surface area contributed by atoms with Crippen molar-refractivity contribution in [1.29, 1.82) is 0 Å². The van der Waals surface area contributed by atoms with Crippen LogP contribution in [0.15, 0.2) is 54.6 Å². The molecule has 2 aromatic rings. The van der Waals surface area contributed by atoms with Crippen LogP contribution in [0.4, 0.5) is 4.79 Å². The molecule has 7 heteroatoms. The van der Waals surface area contributed by atoms with E-state index in [0.29, 0.717) is 23.7 Å². The maximum absolute atomic E-state index is 12.7. The van der Waals surface area contributed by atoms with Gasteiger partial charge >= 0.3 is 12.0 Å². The molecule has 2 aromatic carbocycles. The Morgan fingerprint density at radius 3 is 2.54 bits per heavy atom. The smallest absolute Gasteiger partial charge is 0.342 e. The lowest BCUT2D eigenvalue weighted by Crippen LogP contribution is -2.50. The number of hydroxylamine groups is 1. The van der Waals surface area contributed by atoms with Gasteiger partial charge in [-0.25, -0.2) is 15.1 Å². The number of likely N-dealkylation sites (tertiary alicyclic amines) is 1. The van der Waals surface area contributed by atoms with E-state index in [1.807, 2.05) is 30.3 Å². The van der Waals surface area contributed by atoms with Crippen molar-refractivity contribution >= 4 is 23.6 Å². The lowest BCUT2D eigenvalue weighted by molar-refractivity contribution is -0.139. The van der Waals surface area contributed by atoms with Gasteiger partial charge in [0.25, 0.3) is 0 Å². The van der Waals surface area contributed by atoms with Crippen LogP contribution < -0.4 is 10.2 Å². The summed E-state index contributed by atoms with van der Waals surface area (Å²) >= 11 is 5.86. The van der Waals surface area contributed by atoms with Crippen LogP contribution >= 0.6 is 11.6 Å². The quantitative estimate of drug-likeness (QED) is 0.459. The second kappa shape index (κ2) is 10.1. The molecular weight excluding hydrogens is 380 g/mol. The fourth-order valence-electron chi connectivity index (χ4n) is 3.10. The second-order valence-corrected chi connectivity index (χ2v) is 7.05. The molecule has 0 radical (unpaired) electrons. The summed E-state index contributed by atoms with van der Waals surface area (Å²) in [7, 11) is 0. The van der Waals surface area contributed by atoms with Crippen molar-refractivity contribution in [2.45, 2.75) is 38.3 Å². The normalized spacial score (nSPS) is 16.9. The van der Waals surface area contributed by atoms with E-state index in [2.05, 4.69) is 5.48 Å². The Morgan fingerprint density at radius 1 is 1.04 bits per heavy atom. The predicted molar refractivity (Wildman–Crippen MR) is 106 cm³/mol. The first-order valence-corrected chi connectivity index (χ1v) is 9.71. The number of hydrogen-bond acceptors (Lipinski definition) is 4. The number of amides is 2. The molecule has 6 nitrogen and oxygen atoms in total. The summed E-state index contributed by atoms with van der Waals surface area (Å²) in [5.74, 6) is -0.0539. The van der Waals surface area contributed by atoms with Crippen LogP contribution in [0.25, 0.3) is 0 Å². The minimum absolute atomic E-state index is 0.250. The molecule has 1 fully saturated rings. The number of nitrogens with zero attached hydrogens (tertiary/aromatic N) is 1. The SMILES string of the molecule is O=C(Oc1ccc(Cl)cc1)[C@@H]1CCCCCN1C(=O)NOCc1ccccc1. The van der Waals surface area contributed by atoms with Crippen molar-refractivity contribution in [2.75, 3.05) is 6.54 Å². The molecule has 1 heterocycles. The molecule has 0 aromatic heterocycles. The van der Waals surface area contributed by atoms with Gasteiger partial charge in [0.2, 0.25) is 0 Å². The van der Waals surface area contributed by atoms with Crippen molar-refractivity contribution in [3.8, 4) is 5.75 Å². The van der Waals surface area contributed by atoms with Gasteiger partial charge in [-0.3, -0.25) is 4.84 Å². The number of nitrogens with one attached hydrogen (secondary N) is 1. The molecule has 0 saturated carbocycles. The summed E-state index contributed by atoms with van der Waals surface area (Å²) < 4.78 is 5.46. The van der Waals surface area contributed by atoms with E-state index in [1.54, 1.807) is 24.3 Å². The summed E-state index contributed by atoms with van der Waals surface area (Å²) in [4.78, 5) is 32.1. The summed E-state index contributed by atoms with van der Waals surface area (Å²) in [5.41, 5.74) is 3.39. The van der Waals surface area contributed by atoms with Gasteiger partial charge in [-0.1, -0.05) is 54.8 Å². The van der Waals surface area contributed by atoms with E-state index >= 15 is 0 Å². The summed E-state index contributed by atoms with van der Waals surface area (Å²) in [6.45, 7) is 0.723. The van der Waals surface area contributed by atoms with E-state index in [9.17, 15) is 9.59 Å². The maximum Gasteiger partial charge on any atom is 0.342 e. The molecular formula is C21H23ClN2O4. The number of esters is 1. The van der Waals surface area contributed by atoms with Crippen molar-refractivity contribution in [3.63, 3.8) is 0 Å². The Kier molecular flexibility index (Phi) is 7.28. The van der Waals surface area contributed by atoms with E-state index in [4.69, 9.17) is 21.2 Å². The third-order valence-electron chi connectivity index (χ3n) is 4.56. The number of urea groups is 1. The number of ether oxygens (including phenoxy) is 1. The molecule has 3 rings (SSSR count). The molecule has 1 N–H and O–H groups in total. The van der Waals surface area contributed by atoms with Crippen LogP contribution in [0.5, 0.6) is 5.75 Å². The summed E-state index contributed by atoms with van der Waals surface area (Å²) in [6, 6.07) is 15.0. The number of rotatable bonds is 5. The van der Waals surface area contributed by atoms with Crippen molar-refractivity contribution < 1.29 is 19.2 Å². The van der Waals surface area contributed by atoms with E-state index in [-0.39, 0.29) is 6.61 Å². The second-order valence-electron chi connectivity index (χ2n) is 6.62. The number of carbonyl (C=O) groups is 2. The Labute approximate surface area is 169 Å². The summed E-state index contributed by atoms with van der Waals surface area (Å²) in [5, 5.41) is 0.561. The van der Waals surface area contributed by atoms with Gasteiger partial charge < -0.3 is 9.64 Å². The monoisotopic (exact) mass is 402 g/mol. The molecule has 28 heavy (non-hydrogen) atoms. The van der Waals surface area contributed by atoms with Crippen molar-refractivity contribution in [2.24, 2.45) is 0 Å². The Bertz CT molecular complexity index is 783. The molecule has 148 valence electrons. The molecule has 1 saturated heterocycles. The highest BCUT2D eigenvalue weighted by Gasteiger charge is 2.32. The van der Waals surface area contributed by atoms with Crippen LogP contribution in [0.1, 0.15) is 31.2 Å². The standard InChI is InChI=1S/C21H23ClN2O4/c22-17-10-12-18(13-11-17)28-20(25)19-9-5-2-6-14-24(19)21(26)23-27-15-16-7-3-1-4-8-16/h1,3-4,7-8,10-13,19H,2,5-6,9,14-15H2,(H,23,26)/t19-/m0/s1. The van der Waals surface area contributed by atoms with Gasteiger partial charge in [-0.05, 0) is 42.7 Å². The average Bonchev–Trinajstić information content (AvgIpc) is 2.97. The topological polar surface area (TPSA) is 67.9 Å². The molecule has 0 unspecified atom stereocenters. The van der Waals surface area contributed by atoms with Gasteiger partial charge in [0.15, 0.2) is 0 Å². The molecule has 1 aliphatic rings. The van der Waals surface area contributed by atoms with Crippen LogP contribution in [0.3, 0.4) is 0 Å². The molecule has 0 aliphatic carbocycles. The van der Waals surface area contributed by atoms with Gasteiger partial charge in [0.1, 0.15) is 11.8 Å². The minimum atomic E-state index is -0.654. The minimum Gasteiger partial charge on any atom is -0.425 e. The maximum atomic E-state index is 12.7. The van der Waals surface area contributed by atoms with E-state index in [1.165, 1.54) is 4.90 Å². The fraction of sp³-hybridized carbons (Fsp3) is 0.333. The van der Waals surface area contributed by atoms with Gasteiger partial charge in [-0.15, -0.1) is 0 Å². The highest BCUT2D eigenvalue weighted by atomic mass is 35.5. The number of hydrogen-bond donors (Lipinski definition) is 1. The molecule has 0 bridgehead atoms. The molecule has 2 amide bonds. The zero-order valence-electron chi connectivity index (χ0n) is 15.5. The Morgan fingerprint density at radius 2 is 1.79 bits per heavy atom. The number of benzene rings is 2. The third kappa shape index (κ3) is 5.71. The Balaban J connectivity index is 1.60. The lowest BCUT2D eigenvalue weighted by Gasteiger charge is -2.28. The summed E-state index contributed by atoms with van der Waals surface area (Å²) in [6.07, 6.45) is 3.20. The average molecular weight is 403 g/mol. The van der Waals surface area contributed by atoms with Gasteiger partial charge in [-0.2, -0.15) is 0 Å². The first-order chi connectivity index (χ1) is 13.6. The largest absolute Gasteiger partial charge is 0.425 e. The van der Waals surface area contributed by atoms with Crippen molar-refractivity contribution in [1.82, 2.24) is 10.4 Å². The zero-order chi connectivity index (χ0) is 19.8. The molecule has 0 spiro atoms. The number of carbonyl (C=O) groups excluding carboxylic acids is 2. The number of halogens is 1. The molecule has 1 atom stereocenters. The van der Waals surface area contributed by atoms with Gasteiger partial charge in [0.05, 0.1) is 6.61 Å². The van der Waals surface area contributed by atoms with Crippen LogP contribution in [-0.2, 0) is 16.2 Å². The third-order valence-corrected chi connectivity index (χ3v) is 4.81. The van der Waals surface area contributed by atoms with E-state index < -0.39 is 18.0 Å². The lowest BCUT2D eigenvalue weighted by atomic mass is 10.1. The van der Waals surface area contributed by atoms with Crippen molar-refractivity contribution in [3.05, 3.63) is 65.2 Å². The fourth-order valence-corrected chi connectivity index (χ4v) is 3.22.